The maximum Gasteiger partial charge on any atom is 0.278 e. The largest absolute Gasteiger partial charge is 0.366 e. The van der Waals surface area contributed by atoms with Gasteiger partial charge in [-0.15, -0.1) is 17.9 Å². The van der Waals surface area contributed by atoms with E-state index in [1.54, 1.807) is 6.08 Å². The first-order valence-electron chi connectivity index (χ1n) is 7.24. The third-order valence-electron chi connectivity index (χ3n) is 3.90. The van der Waals surface area contributed by atoms with Gasteiger partial charge in [0.1, 0.15) is 5.70 Å². The van der Waals surface area contributed by atoms with Gasteiger partial charge in [0, 0.05) is 24.5 Å². The van der Waals surface area contributed by atoms with E-state index in [4.69, 9.17) is 0 Å². The van der Waals surface area contributed by atoms with Gasteiger partial charge in [-0.05, 0) is 30.7 Å². The van der Waals surface area contributed by atoms with Crippen molar-refractivity contribution in [3.05, 3.63) is 40.7 Å². The molecule has 0 atom stereocenters. The fourth-order valence-electron chi connectivity index (χ4n) is 2.91. The molecule has 0 N–H and O–H groups in total. The molecule has 1 aromatic rings. The third-order valence-corrected chi connectivity index (χ3v) is 4.78. The lowest BCUT2D eigenvalue weighted by atomic mass is 10.1. The van der Waals surface area contributed by atoms with Gasteiger partial charge in [0.2, 0.25) is 0 Å². The first-order valence-corrected chi connectivity index (χ1v) is 8.12. The molecule has 4 nitrogen and oxygen atoms in total. The summed E-state index contributed by atoms with van der Waals surface area (Å²) >= 11 is 1.50. The van der Waals surface area contributed by atoms with Gasteiger partial charge in [0.05, 0.1) is 5.57 Å². The van der Waals surface area contributed by atoms with Crippen LogP contribution in [-0.2, 0) is 9.59 Å². The molecule has 0 spiro atoms. The second-order valence-corrected chi connectivity index (χ2v) is 6.21. The average Bonchev–Trinajstić information content (AvgIpc) is 3.10. The van der Waals surface area contributed by atoms with Crippen molar-refractivity contribution in [2.24, 2.45) is 0 Å². The Labute approximate surface area is 128 Å². The van der Waals surface area contributed by atoms with Crippen molar-refractivity contribution < 1.29 is 9.59 Å². The van der Waals surface area contributed by atoms with Crippen LogP contribution in [0.3, 0.4) is 0 Å². The maximum absolute atomic E-state index is 12.7. The quantitative estimate of drug-likeness (QED) is 0.634. The Hall–Kier alpha value is -1.88. The van der Waals surface area contributed by atoms with Crippen LogP contribution in [0.4, 0.5) is 0 Å². The number of nitrogens with zero attached hydrogens (tertiary/aromatic N) is 2. The van der Waals surface area contributed by atoms with Gasteiger partial charge in [-0.1, -0.05) is 12.1 Å². The second kappa shape index (κ2) is 5.85. The highest BCUT2D eigenvalue weighted by Crippen LogP contribution is 2.34. The number of carbonyl (C=O) groups is 2. The van der Waals surface area contributed by atoms with E-state index >= 15 is 0 Å². The van der Waals surface area contributed by atoms with Crippen molar-refractivity contribution in [1.29, 1.82) is 0 Å². The highest BCUT2D eigenvalue weighted by atomic mass is 32.1. The van der Waals surface area contributed by atoms with E-state index in [9.17, 15) is 9.59 Å². The highest BCUT2D eigenvalue weighted by molar-refractivity contribution is 7.11. The molecule has 2 aliphatic rings. The Kier molecular flexibility index (Phi) is 3.92. The molecule has 0 saturated carbocycles. The molecule has 1 fully saturated rings. The fraction of sp³-hybridized carbons (Fsp3) is 0.375. The predicted octanol–water partition coefficient (Wildman–Crippen LogP) is 2.50. The molecule has 21 heavy (non-hydrogen) atoms. The first-order chi connectivity index (χ1) is 10.2. The Morgan fingerprint density at radius 1 is 1.19 bits per heavy atom. The van der Waals surface area contributed by atoms with E-state index in [1.165, 1.54) is 22.7 Å². The van der Waals surface area contributed by atoms with Crippen LogP contribution in [0.15, 0.2) is 35.9 Å². The lowest BCUT2D eigenvalue weighted by Gasteiger charge is -2.29. The normalized spacial score (nSPS) is 19.6. The smallest absolute Gasteiger partial charge is 0.278 e. The minimum Gasteiger partial charge on any atom is -0.366 e. The van der Waals surface area contributed by atoms with Crippen molar-refractivity contribution in [1.82, 2.24) is 9.80 Å². The van der Waals surface area contributed by atoms with Crippen molar-refractivity contribution in [2.45, 2.75) is 19.3 Å². The van der Waals surface area contributed by atoms with Crippen LogP contribution in [0, 0.1) is 0 Å². The van der Waals surface area contributed by atoms with Gasteiger partial charge < -0.3 is 4.90 Å². The topological polar surface area (TPSA) is 40.6 Å². The Bertz CT molecular complexity index is 598. The Morgan fingerprint density at radius 3 is 2.57 bits per heavy atom. The fourth-order valence-corrected chi connectivity index (χ4v) is 3.67. The summed E-state index contributed by atoms with van der Waals surface area (Å²) in [6, 6.07) is 3.82. The highest BCUT2D eigenvalue weighted by Gasteiger charge is 2.41. The molecule has 1 aromatic heterocycles. The predicted molar refractivity (Wildman–Crippen MR) is 83.6 cm³/mol. The van der Waals surface area contributed by atoms with Crippen molar-refractivity contribution >= 4 is 28.7 Å². The molecule has 0 radical (unpaired) electrons. The molecule has 0 bridgehead atoms. The molecule has 2 amide bonds. The van der Waals surface area contributed by atoms with Crippen molar-refractivity contribution in [3.63, 3.8) is 0 Å². The number of likely N-dealkylation sites (tertiary alicyclic amines) is 1. The lowest BCUT2D eigenvalue weighted by Crippen LogP contribution is -2.37. The van der Waals surface area contributed by atoms with Crippen molar-refractivity contribution in [2.75, 3.05) is 19.6 Å². The SMILES string of the molecule is C=CCN1C(=O)C(c2cccs2)=C(N2CCCCC2)C1=O. The maximum atomic E-state index is 12.7. The van der Waals surface area contributed by atoms with Gasteiger partial charge in [0.25, 0.3) is 11.8 Å². The number of hydrogen-bond donors (Lipinski definition) is 0. The van der Waals surface area contributed by atoms with E-state index in [-0.39, 0.29) is 18.4 Å². The molecule has 5 heteroatoms. The first kappa shape index (κ1) is 14.1. The molecule has 0 aliphatic carbocycles. The minimum absolute atomic E-state index is 0.176. The summed E-state index contributed by atoms with van der Waals surface area (Å²) < 4.78 is 0. The van der Waals surface area contributed by atoms with Crippen LogP contribution in [0.5, 0.6) is 0 Å². The van der Waals surface area contributed by atoms with Gasteiger partial charge in [0.15, 0.2) is 0 Å². The number of piperidine rings is 1. The van der Waals surface area contributed by atoms with Crippen LogP contribution < -0.4 is 0 Å². The average molecular weight is 302 g/mol. The van der Waals surface area contributed by atoms with Gasteiger partial charge in [-0.2, -0.15) is 0 Å². The lowest BCUT2D eigenvalue weighted by molar-refractivity contribution is -0.136. The van der Waals surface area contributed by atoms with Crippen LogP contribution >= 0.6 is 11.3 Å². The zero-order valence-electron chi connectivity index (χ0n) is 11.9. The van der Waals surface area contributed by atoms with Crippen LogP contribution in [0.25, 0.3) is 5.57 Å². The summed E-state index contributed by atoms with van der Waals surface area (Å²) in [6.07, 6.45) is 4.94. The second-order valence-electron chi connectivity index (χ2n) is 5.26. The van der Waals surface area contributed by atoms with Crippen molar-refractivity contribution in [3.8, 4) is 0 Å². The number of amides is 2. The Balaban J connectivity index is 2.05. The van der Waals surface area contributed by atoms with E-state index < -0.39 is 0 Å². The van der Waals surface area contributed by atoms with Crippen LogP contribution in [0.2, 0.25) is 0 Å². The summed E-state index contributed by atoms with van der Waals surface area (Å²) in [5.41, 5.74) is 1.16. The molecule has 1 saturated heterocycles. The minimum atomic E-state index is -0.192. The number of imide groups is 1. The summed E-state index contributed by atoms with van der Waals surface area (Å²) in [4.78, 5) is 29.6. The van der Waals surface area contributed by atoms with Crippen LogP contribution in [-0.4, -0.2) is 41.2 Å². The standard InChI is InChI=1S/C16H18N2O2S/c1-2-8-18-15(19)13(12-7-6-11-21-12)14(16(18)20)17-9-4-3-5-10-17/h2,6-7,11H,1,3-5,8-10H2. The van der Waals surface area contributed by atoms with Crippen LogP contribution in [0.1, 0.15) is 24.1 Å². The number of thiophene rings is 1. The number of hydrogen-bond acceptors (Lipinski definition) is 4. The van der Waals surface area contributed by atoms with E-state index in [1.807, 2.05) is 17.5 Å². The monoisotopic (exact) mass is 302 g/mol. The van der Waals surface area contributed by atoms with E-state index in [0.29, 0.717) is 11.3 Å². The molecule has 3 heterocycles. The molecule has 110 valence electrons. The zero-order chi connectivity index (χ0) is 14.8. The molecule has 2 aliphatic heterocycles. The summed E-state index contributed by atoms with van der Waals surface area (Å²) in [5, 5.41) is 1.93. The number of carbonyl (C=O) groups excluding carboxylic acids is 2. The molecular weight excluding hydrogens is 284 g/mol. The third kappa shape index (κ3) is 2.42. The Morgan fingerprint density at radius 2 is 1.95 bits per heavy atom. The molecular formula is C16H18N2O2S. The molecule has 0 unspecified atom stereocenters. The zero-order valence-corrected chi connectivity index (χ0v) is 12.7. The van der Waals surface area contributed by atoms with Gasteiger partial charge in [-0.3, -0.25) is 14.5 Å². The number of rotatable bonds is 4. The van der Waals surface area contributed by atoms with E-state index in [0.717, 1.165) is 30.8 Å². The van der Waals surface area contributed by atoms with Gasteiger partial charge >= 0.3 is 0 Å². The molecule has 3 rings (SSSR count). The summed E-state index contributed by atoms with van der Waals surface area (Å²) in [7, 11) is 0. The summed E-state index contributed by atoms with van der Waals surface area (Å²) in [6.45, 7) is 5.62. The van der Waals surface area contributed by atoms with Gasteiger partial charge in [-0.25, -0.2) is 0 Å². The summed E-state index contributed by atoms with van der Waals surface area (Å²) in [5.74, 6) is -0.367. The molecule has 0 aromatic carbocycles. The van der Waals surface area contributed by atoms with E-state index in [2.05, 4.69) is 11.5 Å².